The van der Waals surface area contributed by atoms with Crippen LogP contribution in [-0.4, -0.2) is 51.6 Å². The number of hydrogen-bond acceptors (Lipinski definition) is 6. The minimum atomic E-state index is -1.04. The lowest BCUT2D eigenvalue weighted by Gasteiger charge is -2.10. The number of carboxylic acid groups (broad SMARTS) is 1. The van der Waals surface area contributed by atoms with E-state index >= 15 is 0 Å². The molecule has 0 bridgehead atoms. The number of aromatic nitrogens is 1. The van der Waals surface area contributed by atoms with Gasteiger partial charge in [-0.15, -0.1) is 0 Å². The second kappa shape index (κ2) is 4.22. The third-order valence-corrected chi connectivity index (χ3v) is 3.15. The molecule has 7 nitrogen and oxygen atoms in total. The smallest absolute Gasteiger partial charge is 0.335 e. The van der Waals surface area contributed by atoms with Crippen LogP contribution in [-0.2, 0) is 0 Å². The number of aromatic carboxylic acids is 1. The first kappa shape index (κ1) is 11.9. The summed E-state index contributed by atoms with van der Waals surface area (Å²) in [5.41, 5.74) is 1.03. The van der Waals surface area contributed by atoms with E-state index in [9.17, 15) is 15.0 Å². The first-order valence-corrected chi connectivity index (χ1v) is 5.79. The molecule has 0 aliphatic carbocycles. The number of hydrogen-bond donors (Lipinski definition) is 3. The van der Waals surface area contributed by atoms with Gasteiger partial charge in [0.2, 0.25) is 0 Å². The highest BCUT2D eigenvalue weighted by Crippen LogP contribution is 2.25. The Kier molecular flexibility index (Phi) is 2.65. The monoisotopic (exact) mass is 264 g/mol. The number of carbonyl (C=O) groups is 1. The molecule has 2 atom stereocenters. The van der Waals surface area contributed by atoms with Crippen LogP contribution >= 0.6 is 0 Å². The van der Waals surface area contributed by atoms with Crippen molar-refractivity contribution in [3.05, 3.63) is 23.8 Å². The van der Waals surface area contributed by atoms with E-state index in [1.807, 2.05) is 0 Å². The van der Waals surface area contributed by atoms with Gasteiger partial charge in [0.1, 0.15) is 5.52 Å². The molecule has 1 aromatic heterocycles. The Hall–Kier alpha value is -2.12. The minimum Gasteiger partial charge on any atom is -0.478 e. The Morgan fingerprint density at radius 3 is 2.63 bits per heavy atom. The van der Waals surface area contributed by atoms with Crippen molar-refractivity contribution in [1.82, 2.24) is 4.98 Å². The molecule has 2 heterocycles. The summed E-state index contributed by atoms with van der Waals surface area (Å²) < 4.78 is 5.47. The Bertz CT molecular complexity index is 628. The van der Waals surface area contributed by atoms with Crippen LogP contribution in [0.15, 0.2) is 22.6 Å². The summed E-state index contributed by atoms with van der Waals surface area (Å²) in [5.74, 6) is -1.04. The van der Waals surface area contributed by atoms with E-state index in [1.165, 1.54) is 12.1 Å². The molecule has 7 heteroatoms. The molecule has 1 fully saturated rings. The first-order valence-electron chi connectivity index (χ1n) is 5.79. The Balaban J connectivity index is 1.96. The highest BCUT2D eigenvalue weighted by atomic mass is 16.4. The van der Waals surface area contributed by atoms with E-state index in [0.717, 1.165) is 0 Å². The second-order valence-electron chi connectivity index (χ2n) is 4.52. The number of rotatable bonds is 2. The molecule has 1 aliphatic rings. The van der Waals surface area contributed by atoms with Crippen molar-refractivity contribution in [3.8, 4) is 0 Å². The molecule has 3 N–H and O–H groups in total. The van der Waals surface area contributed by atoms with Crippen molar-refractivity contribution >= 4 is 23.1 Å². The molecular formula is C12H12N2O5. The number of fused-ring (bicyclic) bond motifs is 1. The van der Waals surface area contributed by atoms with Gasteiger partial charge in [0, 0.05) is 0 Å². The van der Waals surface area contributed by atoms with Crippen molar-refractivity contribution in [3.63, 3.8) is 0 Å². The van der Waals surface area contributed by atoms with Gasteiger partial charge < -0.3 is 24.6 Å². The van der Waals surface area contributed by atoms with Crippen molar-refractivity contribution < 1.29 is 24.5 Å². The van der Waals surface area contributed by atoms with Crippen LogP contribution in [0.2, 0.25) is 0 Å². The Morgan fingerprint density at radius 2 is 2.00 bits per heavy atom. The molecule has 0 radical (unpaired) electrons. The summed E-state index contributed by atoms with van der Waals surface area (Å²) in [7, 11) is 0. The summed E-state index contributed by atoms with van der Waals surface area (Å²) in [6.07, 6.45) is -1.66. The van der Waals surface area contributed by atoms with Gasteiger partial charge in [0.15, 0.2) is 5.58 Å². The zero-order valence-corrected chi connectivity index (χ0v) is 9.85. The number of nitrogens with zero attached hydrogens (tertiary/aromatic N) is 2. The van der Waals surface area contributed by atoms with Crippen LogP contribution in [0, 0.1) is 0 Å². The number of oxazole rings is 1. The molecule has 0 amide bonds. The van der Waals surface area contributed by atoms with E-state index in [2.05, 4.69) is 4.98 Å². The zero-order valence-electron chi connectivity index (χ0n) is 9.85. The molecule has 1 saturated heterocycles. The highest BCUT2D eigenvalue weighted by molar-refractivity contribution is 5.92. The van der Waals surface area contributed by atoms with Crippen molar-refractivity contribution in [2.45, 2.75) is 12.2 Å². The van der Waals surface area contributed by atoms with Gasteiger partial charge in [0.05, 0.1) is 30.9 Å². The maximum atomic E-state index is 10.9. The molecule has 0 saturated carbocycles. The lowest BCUT2D eigenvalue weighted by atomic mass is 10.2. The van der Waals surface area contributed by atoms with E-state index in [0.29, 0.717) is 11.1 Å². The Labute approximate surface area is 107 Å². The fourth-order valence-electron chi connectivity index (χ4n) is 2.11. The largest absolute Gasteiger partial charge is 0.478 e. The molecule has 19 heavy (non-hydrogen) atoms. The average Bonchev–Trinajstić information content (AvgIpc) is 2.92. The first-order chi connectivity index (χ1) is 9.04. The number of carboxylic acids is 1. The third-order valence-electron chi connectivity index (χ3n) is 3.15. The van der Waals surface area contributed by atoms with Crippen molar-refractivity contribution in [2.24, 2.45) is 0 Å². The van der Waals surface area contributed by atoms with E-state index < -0.39 is 18.2 Å². The maximum Gasteiger partial charge on any atom is 0.335 e. The van der Waals surface area contributed by atoms with Gasteiger partial charge in [-0.05, 0) is 18.2 Å². The quantitative estimate of drug-likeness (QED) is 0.704. The molecule has 1 aliphatic heterocycles. The normalized spacial score (nSPS) is 23.2. The zero-order chi connectivity index (χ0) is 13.6. The summed E-state index contributed by atoms with van der Waals surface area (Å²) in [5, 5.41) is 27.9. The molecule has 1 aromatic carbocycles. The van der Waals surface area contributed by atoms with Crippen LogP contribution in [0.25, 0.3) is 11.1 Å². The minimum absolute atomic E-state index is 0.122. The van der Waals surface area contributed by atoms with Gasteiger partial charge in [-0.3, -0.25) is 0 Å². The van der Waals surface area contributed by atoms with Gasteiger partial charge >= 0.3 is 5.97 Å². The number of benzene rings is 1. The standard InChI is InChI=1S/C12H12N2O5/c15-8-4-14(5-9(8)16)12-13-7-2-1-6(11(17)18)3-10(7)19-12/h1-3,8-9,15-16H,4-5H2,(H,17,18). The molecule has 2 aromatic rings. The van der Waals surface area contributed by atoms with Crippen LogP contribution in [0.5, 0.6) is 0 Å². The summed E-state index contributed by atoms with van der Waals surface area (Å²) in [6, 6.07) is 4.68. The van der Waals surface area contributed by atoms with E-state index in [1.54, 1.807) is 11.0 Å². The van der Waals surface area contributed by atoms with Crippen LogP contribution < -0.4 is 4.90 Å². The van der Waals surface area contributed by atoms with E-state index in [4.69, 9.17) is 9.52 Å². The molecule has 100 valence electrons. The number of aliphatic hydroxyl groups excluding tert-OH is 2. The SMILES string of the molecule is O=C(O)c1ccc2nc(N3CC(O)C(O)C3)oc2c1. The number of anilines is 1. The Morgan fingerprint density at radius 1 is 1.32 bits per heavy atom. The van der Waals surface area contributed by atoms with Crippen molar-refractivity contribution in [1.29, 1.82) is 0 Å². The third kappa shape index (κ3) is 2.02. The number of β-amino-alcohol motifs (C(OH)–C–C–N with tert-alkyl or cyclic N) is 2. The van der Waals surface area contributed by atoms with Gasteiger partial charge in [-0.1, -0.05) is 0 Å². The van der Waals surface area contributed by atoms with Gasteiger partial charge in [-0.2, -0.15) is 4.98 Å². The lowest BCUT2D eigenvalue weighted by molar-refractivity contribution is 0.0572. The number of aliphatic hydroxyl groups is 2. The molecule has 2 unspecified atom stereocenters. The highest BCUT2D eigenvalue weighted by Gasteiger charge is 2.32. The summed E-state index contributed by atoms with van der Waals surface area (Å²) >= 11 is 0. The van der Waals surface area contributed by atoms with Crippen molar-refractivity contribution in [2.75, 3.05) is 18.0 Å². The van der Waals surface area contributed by atoms with Gasteiger partial charge in [-0.25, -0.2) is 4.79 Å². The van der Waals surface area contributed by atoms with Gasteiger partial charge in [0.25, 0.3) is 6.01 Å². The van der Waals surface area contributed by atoms with Crippen LogP contribution in [0.4, 0.5) is 6.01 Å². The second-order valence-corrected chi connectivity index (χ2v) is 4.52. The fourth-order valence-corrected chi connectivity index (χ4v) is 2.11. The summed E-state index contributed by atoms with van der Waals surface area (Å²) in [6.45, 7) is 0.472. The lowest BCUT2D eigenvalue weighted by Crippen LogP contribution is -2.22. The van der Waals surface area contributed by atoms with E-state index in [-0.39, 0.29) is 24.7 Å². The average molecular weight is 264 g/mol. The van der Waals surface area contributed by atoms with Crippen LogP contribution in [0.1, 0.15) is 10.4 Å². The predicted molar refractivity (Wildman–Crippen MR) is 65.2 cm³/mol. The fraction of sp³-hybridized carbons (Fsp3) is 0.333. The molecule has 0 spiro atoms. The van der Waals surface area contributed by atoms with Crippen LogP contribution in [0.3, 0.4) is 0 Å². The topological polar surface area (TPSA) is 107 Å². The predicted octanol–water partition coefficient (Wildman–Crippen LogP) is 0.0678. The summed E-state index contributed by atoms with van der Waals surface area (Å²) in [4.78, 5) is 16.7. The molecule has 3 rings (SSSR count). The maximum absolute atomic E-state index is 10.9. The molecular weight excluding hydrogens is 252 g/mol.